The monoisotopic (exact) mass is 422 g/mol. The molecule has 1 saturated heterocycles. The number of piperazine rings is 1. The summed E-state index contributed by atoms with van der Waals surface area (Å²) in [4.78, 5) is 28.5. The maximum absolute atomic E-state index is 13.0. The number of fused-ring (bicyclic) bond motifs is 1. The van der Waals surface area contributed by atoms with Crippen LogP contribution >= 0.6 is 0 Å². The van der Waals surface area contributed by atoms with Gasteiger partial charge in [-0.1, -0.05) is 6.92 Å². The van der Waals surface area contributed by atoms with Crippen molar-refractivity contribution in [1.82, 2.24) is 14.1 Å². The number of benzene rings is 1. The molecule has 2 amide bonds. The van der Waals surface area contributed by atoms with Crippen LogP contribution in [-0.4, -0.2) is 80.7 Å². The summed E-state index contributed by atoms with van der Waals surface area (Å²) in [7, 11) is -2.35. The largest absolute Gasteiger partial charge is 0.339 e. The average Bonchev–Trinajstić information content (AvgIpc) is 2.88. The van der Waals surface area contributed by atoms with E-state index in [1.165, 1.54) is 13.1 Å². The topological polar surface area (TPSA) is 90.0 Å². The Morgan fingerprint density at radius 1 is 1.17 bits per heavy atom. The van der Waals surface area contributed by atoms with Crippen molar-refractivity contribution in [2.75, 3.05) is 51.6 Å². The smallest absolute Gasteiger partial charge is 0.243 e. The van der Waals surface area contributed by atoms with Crippen molar-refractivity contribution in [3.05, 3.63) is 23.8 Å². The van der Waals surface area contributed by atoms with Crippen LogP contribution in [-0.2, 0) is 26.0 Å². The highest BCUT2D eigenvalue weighted by atomic mass is 32.2. The number of nitrogens with one attached hydrogen (secondary N) is 1. The summed E-state index contributed by atoms with van der Waals surface area (Å²) >= 11 is 0. The zero-order valence-electron chi connectivity index (χ0n) is 17.2. The molecule has 0 atom stereocenters. The quantitative estimate of drug-likeness (QED) is 0.742. The molecule has 1 fully saturated rings. The maximum atomic E-state index is 13.0. The Morgan fingerprint density at radius 3 is 2.59 bits per heavy atom. The Kier molecular flexibility index (Phi) is 6.92. The third-order valence-electron chi connectivity index (χ3n) is 5.53. The normalized spacial score (nSPS) is 18.3. The number of carbonyl (C=O) groups excluding carboxylic acids is 2. The molecule has 2 aliphatic rings. The highest BCUT2D eigenvalue weighted by Crippen LogP contribution is 2.26. The van der Waals surface area contributed by atoms with Crippen molar-refractivity contribution in [1.29, 1.82) is 0 Å². The van der Waals surface area contributed by atoms with Gasteiger partial charge in [0, 0.05) is 45.3 Å². The molecule has 29 heavy (non-hydrogen) atoms. The summed E-state index contributed by atoms with van der Waals surface area (Å²) < 4.78 is 27.1. The minimum absolute atomic E-state index is 0.0545. The summed E-state index contributed by atoms with van der Waals surface area (Å²) in [6.45, 7) is 5.89. The number of likely N-dealkylation sites (N-methyl/N-ethyl adjacent to an activating group) is 1. The number of nitrogens with zero attached hydrogens (tertiary/aromatic N) is 3. The van der Waals surface area contributed by atoms with E-state index in [0.29, 0.717) is 38.0 Å². The molecular weight excluding hydrogens is 392 g/mol. The zero-order valence-corrected chi connectivity index (χ0v) is 18.0. The van der Waals surface area contributed by atoms with Gasteiger partial charge in [-0.25, -0.2) is 8.42 Å². The lowest BCUT2D eigenvalue weighted by Crippen LogP contribution is -2.51. The van der Waals surface area contributed by atoms with Crippen molar-refractivity contribution in [3.63, 3.8) is 0 Å². The molecule has 0 saturated carbocycles. The van der Waals surface area contributed by atoms with Crippen LogP contribution in [0.25, 0.3) is 0 Å². The second kappa shape index (κ2) is 9.23. The molecule has 1 aromatic carbocycles. The van der Waals surface area contributed by atoms with Gasteiger partial charge in [0.2, 0.25) is 21.8 Å². The molecular formula is C20H30N4O4S. The number of sulfonamides is 1. The summed E-state index contributed by atoms with van der Waals surface area (Å²) in [5.74, 6) is -0.227. The molecule has 9 heteroatoms. The van der Waals surface area contributed by atoms with Crippen LogP contribution in [0.2, 0.25) is 0 Å². The number of anilines is 1. The second-order valence-corrected chi connectivity index (χ2v) is 9.75. The Balaban J connectivity index is 1.66. The Hall–Kier alpha value is -1.97. The minimum Gasteiger partial charge on any atom is -0.339 e. The second-order valence-electron chi connectivity index (χ2n) is 7.70. The molecule has 3 rings (SSSR count). The van der Waals surface area contributed by atoms with Crippen molar-refractivity contribution >= 4 is 27.5 Å². The first-order chi connectivity index (χ1) is 13.8. The van der Waals surface area contributed by atoms with E-state index in [1.807, 2.05) is 0 Å². The van der Waals surface area contributed by atoms with Crippen LogP contribution < -0.4 is 5.32 Å². The predicted molar refractivity (Wildman–Crippen MR) is 111 cm³/mol. The molecule has 2 aliphatic heterocycles. The SMILES string of the molecule is CCCN1CCN(C(=O)CN(C)S(=O)(=O)c2ccc3c(c2)CCCC(=O)N3)CC1. The highest BCUT2D eigenvalue weighted by molar-refractivity contribution is 7.89. The third-order valence-corrected chi connectivity index (χ3v) is 7.33. The summed E-state index contributed by atoms with van der Waals surface area (Å²) in [6, 6.07) is 4.74. The van der Waals surface area contributed by atoms with E-state index in [-0.39, 0.29) is 23.3 Å². The molecule has 0 aliphatic carbocycles. The van der Waals surface area contributed by atoms with Crippen molar-refractivity contribution < 1.29 is 18.0 Å². The average molecular weight is 423 g/mol. The third kappa shape index (κ3) is 5.15. The van der Waals surface area contributed by atoms with Gasteiger partial charge in [-0.05, 0) is 49.6 Å². The van der Waals surface area contributed by atoms with Gasteiger partial charge in [-0.3, -0.25) is 14.5 Å². The first kappa shape index (κ1) is 21.7. The maximum Gasteiger partial charge on any atom is 0.243 e. The Labute approximate surface area is 172 Å². The molecule has 0 bridgehead atoms. The van der Waals surface area contributed by atoms with Gasteiger partial charge in [-0.2, -0.15) is 4.31 Å². The van der Waals surface area contributed by atoms with Gasteiger partial charge in [0.1, 0.15) is 0 Å². The molecule has 0 radical (unpaired) electrons. The van der Waals surface area contributed by atoms with Gasteiger partial charge in [0.15, 0.2) is 0 Å². The molecule has 0 unspecified atom stereocenters. The van der Waals surface area contributed by atoms with Crippen LogP contribution in [0.5, 0.6) is 0 Å². The number of amides is 2. The van der Waals surface area contributed by atoms with Gasteiger partial charge in [0.25, 0.3) is 0 Å². The van der Waals surface area contributed by atoms with Gasteiger partial charge < -0.3 is 10.2 Å². The van der Waals surface area contributed by atoms with E-state index >= 15 is 0 Å². The lowest BCUT2D eigenvalue weighted by atomic mass is 10.1. The fourth-order valence-corrected chi connectivity index (χ4v) is 4.98. The zero-order chi connectivity index (χ0) is 21.0. The van der Waals surface area contributed by atoms with Crippen molar-refractivity contribution in [2.24, 2.45) is 0 Å². The van der Waals surface area contributed by atoms with E-state index in [1.54, 1.807) is 17.0 Å². The van der Waals surface area contributed by atoms with Gasteiger partial charge in [0.05, 0.1) is 11.4 Å². The Morgan fingerprint density at radius 2 is 1.90 bits per heavy atom. The molecule has 8 nitrogen and oxygen atoms in total. The van der Waals surface area contributed by atoms with Crippen LogP contribution in [0, 0.1) is 0 Å². The van der Waals surface area contributed by atoms with Crippen LogP contribution in [0.15, 0.2) is 23.1 Å². The van der Waals surface area contributed by atoms with E-state index in [0.717, 1.165) is 35.9 Å². The van der Waals surface area contributed by atoms with Crippen LogP contribution in [0.1, 0.15) is 31.7 Å². The lowest BCUT2D eigenvalue weighted by molar-refractivity contribution is -0.133. The standard InChI is InChI=1S/C20H30N4O4S/c1-3-9-23-10-12-24(13-11-23)20(26)15-22(2)29(27,28)17-7-8-18-16(14-17)5-4-6-19(25)21-18/h7-8,14H,3-6,9-13,15H2,1-2H3,(H,21,25). The lowest BCUT2D eigenvalue weighted by Gasteiger charge is -2.35. The molecule has 0 aromatic heterocycles. The Bertz CT molecular complexity index is 863. The highest BCUT2D eigenvalue weighted by Gasteiger charge is 2.28. The first-order valence-electron chi connectivity index (χ1n) is 10.2. The van der Waals surface area contributed by atoms with Crippen LogP contribution in [0.4, 0.5) is 5.69 Å². The van der Waals surface area contributed by atoms with Gasteiger partial charge >= 0.3 is 0 Å². The molecule has 1 N–H and O–H groups in total. The number of carbonyl (C=O) groups is 2. The van der Waals surface area contributed by atoms with Crippen LogP contribution in [0.3, 0.4) is 0 Å². The fraction of sp³-hybridized carbons (Fsp3) is 0.600. The first-order valence-corrected chi connectivity index (χ1v) is 11.6. The van der Waals surface area contributed by atoms with E-state index in [2.05, 4.69) is 17.1 Å². The molecule has 1 aromatic rings. The summed E-state index contributed by atoms with van der Waals surface area (Å²) in [5, 5.41) is 2.81. The van der Waals surface area contributed by atoms with E-state index < -0.39 is 10.0 Å². The summed E-state index contributed by atoms with van der Waals surface area (Å²) in [5.41, 5.74) is 1.47. The predicted octanol–water partition coefficient (Wildman–Crippen LogP) is 1.14. The number of rotatable bonds is 6. The number of aryl methyl sites for hydroxylation is 1. The van der Waals surface area contributed by atoms with Gasteiger partial charge in [-0.15, -0.1) is 0 Å². The minimum atomic E-state index is -3.79. The van der Waals surface area contributed by atoms with E-state index in [9.17, 15) is 18.0 Å². The van der Waals surface area contributed by atoms with Crippen molar-refractivity contribution in [2.45, 2.75) is 37.5 Å². The molecule has 2 heterocycles. The molecule has 160 valence electrons. The van der Waals surface area contributed by atoms with Crippen molar-refractivity contribution in [3.8, 4) is 0 Å². The summed E-state index contributed by atoms with van der Waals surface area (Å²) in [6.07, 6.45) is 2.83. The number of hydrogen-bond donors (Lipinski definition) is 1. The van der Waals surface area contributed by atoms with E-state index in [4.69, 9.17) is 0 Å². The number of hydrogen-bond acceptors (Lipinski definition) is 5. The fourth-order valence-electron chi connectivity index (χ4n) is 3.80. The molecule has 0 spiro atoms.